The minimum absolute atomic E-state index is 0.106. The summed E-state index contributed by atoms with van der Waals surface area (Å²) in [5.74, 6) is -0.368. The fourth-order valence-electron chi connectivity index (χ4n) is 2.13. The Morgan fingerprint density at radius 2 is 2.24 bits per heavy atom. The van der Waals surface area contributed by atoms with Gasteiger partial charge in [0, 0.05) is 12.1 Å². The third kappa shape index (κ3) is 2.43. The lowest BCUT2D eigenvalue weighted by atomic mass is 10.1. The van der Waals surface area contributed by atoms with Gasteiger partial charge in [0.15, 0.2) is 0 Å². The van der Waals surface area contributed by atoms with Gasteiger partial charge in [0.2, 0.25) is 0 Å². The Morgan fingerprint density at radius 1 is 1.41 bits per heavy atom. The molecule has 86 valence electrons. The second-order valence-corrected chi connectivity index (χ2v) is 4.18. The number of hydrogen-bond acceptors (Lipinski definition) is 3. The summed E-state index contributed by atoms with van der Waals surface area (Å²) in [5.41, 5.74) is 0.871. The summed E-state index contributed by atoms with van der Waals surface area (Å²) in [7, 11) is 0. The molecule has 0 bridgehead atoms. The van der Waals surface area contributed by atoms with E-state index in [2.05, 4.69) is 6.07 Å². The zero-order chi connectivity index (χ0) is 12.3. The maximum Gasteiger partial charge on any atom is 0.129 e. The molecule has 0 radical (unpaired) electrons. The van der Waals surface area contributed by atoms with Crippen LogP contribution in [0.1, 0.15) is 24.0 Å². The monoisotopic (exact) mass is 229 g/mol. The van der Waals surface area contributed by atoms with E-state index in [1.165, 1.54) is 6.07 Å². The first-order valence-electron chi connectivity index (χ1n) is 5.57. The van der Waals surface area contributed by atoms with Gasteiger partial charge in [0.25, 0.3) is 0 Å². The molecule has 0 amide bonds. The molecule has 4 heteroatoms. The maximum atomic E-state index is 13.7. The van der Waals surface area contributed by atoms with Crippen LogP contribution < -0.4 is 0 Å². The van der Waals surface area contributed by atoms with Gasteiger partial charge < -0.3 is 0 Å². The van der Waals surface area contributed by atoms with E-state index in [1.807, 2.05) is 11.0 Å². The number of likely N-dealkylation sites (tertiary alicyclic amines) is 1. The number of nitriles is 2. The number of halogens is 1. The molecule has 0 aliphatic carbocycles. The van der Waals surface area contributed by atoms with Gasteiger partial charge in [-0.2, -0.15) is 10.5 Å². The molecule has 1 atom stereocenters. The van der Waals surface area contributed by atoms with E-state index in [-0.39, 0.29) is 11.9 Å². The first-order chi connectivity index (χ1) is 8.24. The Labute approximate surface area is 99.7 Å². The van der Waals surface area contributed by atoms with E-state index in [0.717, 1.165) is 19.4 Å². The fraction of sp³-hybridized carbons (Fsp3) is 0.385. The summed E-state index contributed by atoms with van der Waals surface area (Å²) in [4.78, 5) is 1.98. The lowest BCUT2D eigenvalue weighted by Gasteiger charge is -2.19. The molecule has 1 aromatic carbocycles. The smallest absolute Gasteiger partial charge is 0.129 e. The molecule has 2 rings (SSSR count). The number of nitrogens with zero attached hydrogens (tertiary/aromatic N) is 3. The second kappa shape index (κ2) is 4.95. The predicted molar refractivity (Wildman–Crippen MR) is 60.2 cm³/mol. The molecule has 17 heavy (non-hydrogen) atoms. The Morgan fingerprint density at radius 3 is 2.88 bits per heavy atom. The average molecular weight is 229 g/mol. The van der Waals surface area contributed by atoms with Gasteiger partial charge in [-0.3, -0.25) is 4.90 Å². The van der Waals surface area contributed by atoms with Crippen molar-refractivity contribution in [1.29, 1.82) is 10.5 Å². The van der Waals surface area contributed by atoms with Crippen LogP contribution in [-0.4, -0.2) is 17.5 Å². The molecule has 0 saturated carbocycles. The van der Waals surface area contributed by atoms with Crippen molar-refractivity contribution in [1.82, 2.24) is 4.90 Å². The maximum absolute atomic E-state index is 13.7. The van der Waals surface area contributed by atoms with Crippen LogP contribution in [0, 0.1) is 28.5 Å². The van der Waals surface area contributed by atoms with Crippen molar-refractivity contribution in [2.75, 3.05) is 6.54 Å². The predicted octanol–water partition coefficient (Wildman–Crippen LogP) is 2.19. The van der Waals surface area contributed by atoms with Gasteiger partial charge in [-0.1, -0.05) is 6.07 Å². The SMILES string of the molecule is N#Cc1ccc(CN2CCCC2C#N)c(F)c1. The largest absolute Gasteiger partial charge is 0.284 e. The Kier molecular flexibility index (Phi) is 3.37. The highest BCUT2D eigenvalue weighted by molar-refractivity contribution is 5.33. The van der Waals surface area contributed by atoms with Crippen LogP contribution >= 0.6 is 0 Å². The normalized spacial score (nSPS) is 19.8. The Balaban J connectivity index is 2.14. The molecule has 1 saturated heterocycles. The van der Waals surface area contributed by atoms with E-state index in [9.17, 15) is 4.39 Å². The summed E-state index contributed by atoms with van der Waals surface area (Å²) >= 11 is 0. The molecule has 0 aromatic heterocycles. The number of rotatable bonds is 2. The minimum atomic E-state index is -0.368. The third-order valence-electron chi connectivity index (χ3n) is 3.07. The summed E-state index contributed by atoms with van der Waals surface area (Å²) in [6.45, 7) is 1.27. The summed E-state index contributed by atoms with van der Waals surface area (Å²) in [6.07, 6.45) is 1.84. The quantitative estimate of drug-likeness (QED) is 0.781. The molecule has 1 heterocycles. The highest BCUT2D eigenvalue weighted by Crippen LogP contribution is 2.21. The second-order valence-electron chi connectivity index (χ2n) is 4.18. The van der Waals surface area contributed by atoms with Gasteiger partial charge in [-0.25, -0.2) is 4.39 Å². The van der Waals surface area contributed by atoms with Crippen molar-refractivity contribution in [3.8, 4) is 12.1 Å². The standard InChI is InChI=1S/C13H12FN3/c14-13-6-10(7-15)3-4-11(13)9-17-5-1-2-12(17)8-16/h3-4,6,12H,1-2,5,9H2. The molecule has 0 spiro atoms. The van der Waals surface area contributed by atoms with E-state index >= 15 is 0 Å². The molecular weight excluding hydrogens is 217 g/mol. The van der Waals surface area contributed by atoms with Crippen LogP contribution in [0.3, 0.4) is 0 Å². The zero-order valence-corrected chi connectivity index (χ0v) is 9.36. The van der Waals surface area contributed by atoms with E-state index in [1.54, 1.807) is 12.1 Å². The number of hydrogen-bond donors (Lipinski definition) is 0. The molecule has 1 aliphatic heterocycles. The van der Waals surface area contributed by atoms with Gasteiger partial charge in [0.1, 0.15) is 5.82 Å². The highest BCUT2D eigenvalue weighted by atomic mass is 19.1. The first kappa shape index (κ1) is 11.6. The summed E-state index contributed by atoms with van der Waals surface area (Å²) in [6, 6.07) is 8.50. The van der Waals surface area contributed by atoms with Crippen LogP contribution in [-0.2, 0) is 6.54 Å². The summed E-state index contributed by atoms with van der Waals surface area (Å²) in [5, 5.41) is 17.6. The highest BCUT2D eigenvalue weighted by Gasteiger charge is 2.24. The lowest BCUT2D eigenvalue weighted by molar-refractivity contribution is 0.282. The zero-order valence-electron chi connectivity index (χ0n) is 9.36. The first-order valence-corrected chi connectivity index (χ1v) is 5.57. The Bertz CT molecular complexity index is 498. The molecular formula is C13H12FN3. The topological polar surface area (TPSA) is 50.8 Å². The van der Waals surface area contributed by atoms with Crippen molar-refractivity contribution in [3.63, 3.8) is 0 Å². The van der Waals surface area contributed by atoms with E-state index in [4.69, 9.17) is 10.5 Å². The van der Waals surface area contributed by atoms with Crippen LogP contribution in [0.15, 0.2) is 18.2 Å². The molecule has 1 fully saturated rings. The minimum Gasteiger partial charge on any atom is -0.284 e. The molecule has 1 aromatic rings. The van der Waals surface area contributed by atoms with Gasteiger partial charge in [0.05, 0.1) is 23.7 Å². The van der Waals surface area contributed by atoms with Crippen molar-refractivity contribution in [3.05, 3.63) is 35.1 Å². The van der Waals surface area contributed by atoms with Crippen molar-refractivity contribution in [2.24, 2.45) is 0 Å². The van der Waals surface area contributed by atoms with Crippen LogP contribution in [0.5, 0.6) is 0 Å². The summed E-state index contributed by atoms with van der Waals surface area (Å²) < 4.78 is 13.7. The van der Waals surface area contributed by atoms with Crippen LogP contribution in [0.25, 0.3) is 0 Å². The van der Waals surface area contributed by atoms with Gasteiger partial charge in [-0.15, -0.1) is 0 Å². The van der Waals surface area contributed by atoms with Crippen molar-refractivity contribution >= 4 is 0 Å². The number of benzene rings is 1. The van der Waals surface area contributed by atoms with Gasteiger partial charge in [-0.05, 0) is 31.5 Å². The lowest BCUT2D eigenvalue weighted by Crippen LogP contribution is -2.27. The Hall–Kier alpha value is -1.91. The third-order valence-corrected chi connectivity index (χ3v) is 3.07. The van der Waals surface area contributed by atoms with Crippen molar-refractivity contribution in [2.45, 2.75) is 25.4 Å². The van der Waals surface area contributed by atoms with Gasteiger partial charge >= 0.3 is 0 Å². The molecule has 3 nitrogen and oxygen atoms in total. The molecule has 1 unspecified atom stereocenters. The fourth-order valence-corrected chi connectivity index (χ4v) is 2.13. The molecule has 1 aliphatic rings. The van der Waals surface area contributed by atoms with Crippen molar-refractivity contribution < 1.29 is 4.39 Å². The van der Waals surface area contributed by atoms with Crippen LogP contribution in [0.2, 0.25) is 0 Å². The average Bonchev–Trinajstić information content (AvgIpc) is 2.79. The molecule has 0 N–H and O–H groups in total. The van der Waals surface area contributed by atoms with E-state index < -0.39 is 0 Å². The van der Waals surface area contributed by atoms with E-state index in [0.29, 0.717) is 17.7 Å². The van der Waals surface area contributed by atoms with Crippen LogP contribution in [0.4, 0.5) is 4.39 Å².